The lowest BCUT2D eigenvalue weighted by molar-refractivity contribution is 0.118. The predicted molar refractivity (Wildman–Crippen MR) is 89.5 cm³/mol. The maximum atomic E-state index is 9.80. The van der Waals surface area contributed by atoms with Gasteiger partial charge in [0.25, 0.3) is 0 Å². The molecule has 0 spiro atoms. The molecule has 2 aromatic rings. The first-order chi connectivity index (χ1) is 11.1. The van der Waals surface area contributed by atoms with Gasteiger partial charge in [0.2, 0.25) is 6.79 Å². The number of aliphatic hydroxyl groups is 1. The van der Waals surface area contributed by atoms with Crippen LogP contribution in [0.5, 0.6) is 11.5 Å². The highest BCUT2D eigenvalue weighted by atomic mass is 16.7. The molecule has 0 radical (unpaired) electrons. The molecule has 1 N–H and O–H groups in total. The fourth-order valence-electron chi connectivity index (χ4n) is 2.92. The van der Waals surface area contributed by atoms with Crippen LogP contribution in [0.2, 0.25) is 0 Å². The number of rotatable bonds is 6. The summed E-state index contributed by atoms with van der Waals surface area (Å²) in [6.07, 6.45) is -0.367. The van der Waals surface area contributed by atoms with Crippen molar-refractivity contribution in [1.82, 2.24) is 4.90 Å². The number of benzene rings is 2. The molecule has 0 saturated heterocycles. The molecule has 0 amide bonds. The standard InChI is InChI=1S/C19H23NO3/c1-14-4-3-5-16(8-14)11-20(10-15(2)21)12-17-6-7-18-19(9-17)23-13-22-18/h3-9,15,21H,10-13H2,1-2H3. The van der Waals surface area contributed by atoms with Crippen molar-refractivity contribution in [2.24, 2.45) is 0 Å². The van der Waals surface area contributed by atoms with Gasteiger partial charge in [-0.3, -0.25) is 4.90 Å². The average Bonchev–Trinajstić information content (AvgIpc) is 2.94. The smallest absolute Gasteiger partial charge is 0.231 e. The van der Waals surface area contributed by atoms with Crippen LogP contribution in [-0.2, 0) is 13.1 Å². The van der Waals surface area contributed by atoms with Crippen molar-refractivity contribution < 1.29 is 14.6 Å². The summed E-state index contributed by atoms with van der Waals surface area (Å²) in [6.45, 7) is 6.40. The van der Waals surface area contributed by atoms with Gasteiger partial charge in [-0.05, 0) is 37.1 Å². The van der Waals surface area contributed by atoms with Crippen LogP contribution in [0.15, 0.2) is 42.5 Å². The van der Waals surface area contributed by atoms with Crippen LogP contribution in [-0.4, -0.2) is 29.4 Å². The number of aryl methyl sites for hydroxylation is 1. The van der Waals surface area contributed by atoms with Crippen LogP contribution in [0.25, 0.3) is 0 Å². The molecule has 1 heterocycles. The second-order valence-corrected chi connectivity index (χ2v) is 6.20. The zero-order valence-electron chi connectivity index (χ0n) is 13.7. The number of nitrogens with zero attached hydrogens (tertiary/aromatic N) is 1. The van der Waals surface area contributed by atoms with Crippen LogP contribution in [0, 0.1) is 6.92 Å². The van der Waals surface area contributed by atoms with Gasteiger partial charge in [0.1, 0.15) is 0 Å². The molecular formula is C19H23NO3. The topological polar surface area (TPSA) is 41.9 Å². The maximum Gasteiger partial charge on any atom is 0.231 e. The molecule has 1 aliphatic heterocycles. The van der Waals surface area contributed by atoms with Crippen LogP contribution < -0.4 is 9.47 Å². The predicted octanol–water partition coefficient (Wildman–Crippen LogP) is 3.11. The van der Waals surface area contributed by atoms with Crippen molar-refractivity contribution in [2.45, 2.75) is 33.0 Å². The highest BCUT2D eigenvalue weighted by Gasteiger charge is 2.15. The summed E-state index contributed by atoms with van der Waals surface area (Å²) in [5.41, 5.74) is 3.66. The van der Waals surface area contributed by atoms with Gasteiger partial charge in [0.15, 0.2) is 11.5 Å². The molecule has 122 valence electrons. The number of hydrogen-bond acceptors (Lipinski definition) is 4. The Morgan fingerprint density at radius 2 is 1.78 bits per heavy atom. The van der Waals surface area contributed by atoms with E-state index in [1.807, 2.05) is 19.1 Å². The summed E-state index contributed by atoms with van der Waals surface area (Å²) < 4.78 is 10.8. The number of ether oxygens (including phenoxy) is 2. The van der Waals surface area contributed by atoms with E-state index in [0.717, 1.165) is 30.2 Å². The Hall–Kier alpha value is -2.04. The molecule has 1 aliphatic rings. The molecule has 23 heavy (non-hydrogen) atoms. The summed E-state index contributed by atoms with van der Waals surface area (Å²) in [4.78, 5) is 2.25. The molecule has 1 unspecified atom stereocenters. The van der Waals surface area contributed by atoms with E-state index in [9.17, 15) is 5.11 Å². The monoisotopic (exact) mass is 313 g/mol. The van der Waals surface area contributed by atoms with Crippen molar-refractivity contribution in [2.75, 3.05) is 13.3 Å². The van der Waals surface area contributed by atoms with Gasteiger partial charge < -0.3 is 14.6 Å². The molecule has 2 aromatic carbocycles. The van der Waals surface area contributed by atoms with E-state index in [2.05, 4.69) is 42.2 Å². The largest absolute Gasteiger partial charge is 0.454 e. The van der Waals surface area contributed by atoms with Crippen LogP contribution in [0.4, 0.5) is 0 Å². The van der Waals surface area contributed by atoms with Gasteiger partial charge in [-0.15, -0.1) is 0 Å². The SMILES string of the molecule is Cc1cccc(CN(Cc2ccc3c(c2)OCO3)CC(C)O)c1. The number of fused-ring (bicyclic) bond motifs is 1. The molecule has 0 bridgehead atoms. The summed E-state index contributed by atoms with van der Waals surface area (Å²) in [5.74, 6) is 1.60. The van der Waals surface area contributed by atoms with E-state index in [-0.39, 0.29) is 6.10 Å². The number of aliphatic hydroxyl groups excluding tert-OH is 1. The van der Waals surface area contributed by atoms with E-state index in [0.29, 0.717) is 13.3 Å². The first kappa shape index (κ1) is 15.8. The lowest BCUT2D eigenvalue weighted by Crippen LogP contribution is -2.30. The second-order valence-electron chi connectivity index (χ2n) is 6.20. The fourth-order valence-corrected chi connectivity index (χ4v) is 2.92. The molecule has 4 heteroatoms. The van der Waals surface area contributed by atoms with Crippen molar-refractivity contribution in [3.05, 3.63) is 59.2 Å². The van der Waals surface area contributed by atoms with Gasteiger partial charge in [0, 0.05) is 19.6 Å². The molecular weight excluding hydrogens is 290 g/mol. The van der Waals surface area contributed by atoms with Crippen LogP contribution in [0.3, 0.4) is 0 Å². The minimum absolute atomic E-state index is 0.291. The zero-order chi connectivity index (χ0) is 16.2. The van der Waals surface area contributed by atoms with Crippen LogP contribution in [0.1, 0.15) is 23.6 Å². The zero-order valence-corrected chi connectivity index (χ0v) is 13.7. The van der Waals surface area contributed by atoms with E-state index >= 15 is 0 Å². The third-order valence-corrected chi connectivity index (χ3v) is 3.85. The van der Waals surface area contributed by atoms with E-state index in [4.69, 9.17) is 9.47 Å². The summed E-state index contributed by atoms with van der Waals surface area (Å²) in [6, 6.07) is 14.5. The third-order valence-electron chi connectivity index (χ3n) is 3.85. The maximum absolute atomic E-state index is 9.80. The normalized spacial score (nSPS) is 14.3. The highest BCUT2D eigenvalue weighted by Crippen LogP contribution is 2.32. The first-order valence-corrected chi connectivity index (χ1v) is 7.94. The molecule has 0 aliphatic carbocycles. The second kappa shape index (κ2) is 7.02. The Morgan fingerprint density at radius 3 is 2.52 bits per heavy atom. The van der Waals surface area contributed by atoms with Crippen LogP contribution >= 0.6 is 0 Å². The van der Waals surface area contributed by atoms with E-state index in [1.54, 1.807) is 0 Å². The van der Waals surface area contributed by atoms with Gasteiger partial charge in [0.05, 0.1) is 6.10 Å². The summed E-state index contributed by atoms with van der Waals surface area (Å²) in [7, 11) is 0. The number of hydrogen-bond donors (Lipinski definition) is 1. The van der Waals surface area contributed by atoms with Crippen molar-refractivity contribution in [1.29, 1.82) is 0 Å². The average molecular weight is 313 g/mol. The minimum atomic E-state index is -0.367. The third kappa shape index (κ3) is 4.24. The molecule has 3 rings (SSSR count). The van der Waals surface area contributed by atoms with Gasteiger partial charge in [-0.1, -0.05) is 35.9 Å². The first-order valence-electron chi connectivity index (χ1n) is 7.94. The van der Waals surface area contributed by atoms with E-state index < -0.39 is 0 Å². The Balaban J connectivity index is 1.73. The fraction of sp³-hybridized carbons (Fsp3) is 0.368. The Labute approximate surface area is 137 Å². The Bertz CT molecular complexity index is 669. The molecule has 0 saturated carbocycles. The molecule has 0 fully saturated rings. The lowest BCUT2D eigenvalue weighted by Gasteiger charge is -2.24. The van der Waals surface area contributed by atoms with Crippen molar-refractivity contribution >= 4 is 0 Å². The summed E-state index contributed by atoms with van der Waals surface area (Å²) >= 11 is 0. The summed E-state index contributed by atoms with van der Waals surface area (Å²) in [5, 5.41) is 9.80. The molecule has 1 atom stereocenters. The van der Waals surface area contributed by atoms with E-state index in [1.165, 1.54) is 11.1 Å². The Morgan fingerprint density at radius 1 is 1.04 bits per heavy atom. The Kier molecular flexibility index (Phi) is 4.84. The van der Waals surface area contributed by atoms with Crippen molar-refractivity contribution in [3.63, 3.8) is 0 Å². The van der Waals surface area contributed by atoms with Gasteiger partial charge in [-0.2, -0.15) is 0 Å². The minimum Gasteiger partial charge on any atom is -0.454 e. The van der Waals surface area contributed by atoms with Crippen molar-refractivity contribution in [3.8, 4) is 11.5 Å². The highest BCUT2D eigenvalue weighted by molar-refractivity contribution is 5.44. The quantitative estimate of drug-likeness (QED) is 0.890. The lowest BCUT2D eigenvalue weighted by atomic mass is 10.1. The molecule has 0 aromatic heterocycles. The molecule has 4 nitrogen and oxygen atoms in total. The van der Waals surface area contributed by atoms with Gasteiger partial charge >= 0.3 is 0 Å². The van der Waals surface area contributed by atoms with Gasteiger partial charge in [-0.25, -0.2) is 0 Å².